The number of halogens is 1. The predicted octanol–water partition coefficient (Wildman–Crippen LogP) is 3.53. The van der Waals surface area contributed by atoms with Crippen LogP contribution < -0.4 is 15.0 Å². The predicted molar refractivity (Wildman–Crippen MR) is 83.6 cm³/mol. The van der Waals surface area contributed by atoms with Gasteiger partial charge in [-0.2, -0.15) is 0 Å². The van der Waals surface area contributed by atoms with E-state index in [4.69, 9.17) is 4.74 Å². The van der Waals surface area contributed by atoms with Crippen LogP contribution >= 0.6 is 0 Å². The first-order valence-electron chi connectivity index (χ1n) is 7.22. The summed E-state index contributed by atoms with van der Waals surface area (Å²) in [5.74, 6) is -0.000155. The van der Waals surface area contributed by atoms with Crippen molar-refractivity contribution in [2.45, 2.75) is 13.0 Å². The van der Waals surface area contributed by atoms with Crippen molar-refractivity contribution in [3.8, 4) is 5.75 Å². The van der Waals surface area contributed by atoms with Crippen LogP contribution in [-0.2, 0) is 0 Å². The summed E-state index contributed by atoms with van der Waals surface area (Å²) in [6, 6.07) is 15.1. The molecule has 0 aliphatic carbocycles. The fourth-order valence-electron chi connectivity index (χ4n) is 2.64. The molecule has 4 heteroatoms. The minimum Gasteiger partial charge on any atom is -0.489 e. The number of anilines is 2. The van der Waals surface area contributed by atoms with Crippen LogP contribution in [0.3, 0.4) is 0 Å². The maximum absolute atomic E-state index is 13.5. The molecule has 110 valence electrons. The van der Waals surface area contributed by atoms with Crippen molar-refractivity contribution in [1.82, 2.24) is 0 Å². The average Bonchev–Trinajstić information content (AvgIpc) is 2.51. The first-order valence-corrected chi connectivity index (χ1v) is 7.22. The van der Waals surface area contributed by atoms with Crippen molar-refractivity contribution >= 4 is 11.4 Å². The van der Waals surface area contributed by atoms with Gasteiger partial charge in [-0.25, -0.2) is 4.39 Å². The first kappa shape index (κ1) is 13.7. The van der Waals surface area contributed by atoms with Crippen molar-refractivity contribution < 1.29 is 9.13 Å². The molecule has 3 rings (SSSR count). The van der Waals surface area contributed by atoms with Crippen molar-refractivity contribution in [1.29, 1.82) is 0 Å². The Hall–Kier alpha value is -2.23. The van der Waals surface area contributed by atoms with E-state index in [0.29, 0.717) is 18.4 Å². The average molecular weight is 286 g/mol. The van der Waals surface area contributed by atoms with E-state index in [9.17, 15) is 4.39 Å². The second-order valence-electron chi connectivity index (χ2n) is 5.22. The van der Waals surface area contributed by atoms with E-state index < -0.39 is 0 Å². The monoisotopic (exact) mass is 286 g/mol. The lowest BCUT2D eigenvalue weighted by Gasteiger charge is -2.37. The third-order valence-corrected chi connectivity index (χ3v) is 3.76. The Morgan fingerprint density at radius 2 is 1.95 bits per heavy atom. The van der Waals surface area contributed by atoms with Gasteiger partial charge in [0.1, 0.15) is 6.61 Å². The van der Waals surface area contributed by atoms with Crippen LogP contribution in [0.15, 0.2) is 48.5 Å². The van der Waals surface area contributed by atoms with E-state index >= 15 is 0 Å². The summed E-state index contributed by atoms with van der Waals surface area (Å²) in [4.78, 5) is 2.30. The number of ether oxygens (including phenoxy) is 1. The molecule has 1 atom stereocenters. The molecular weight excluding hydrogens is 267 g/mol. The molecule has 0 amide bonds. The quantitative estimate of drug-likeness (QED) is 0.930. The summed E-state index contributed by atoms with van der Waals surface area (Å²) in [5, 5.41) is 3.42. The number of rotatable bonds is 4. The van der Waals surface area contributed by atoms with Gasteiger partial charge in [-0.15, -0.1) is 0 Å². The van der Waals surface area contributed by atoms with Gasteiger partial charge in [0.15, 0.2) is 11.6 Å². The number of hydrogen-bond donors (Lipinski definition) is 1. The van der Waals surface area contributed by atoms with Crippen LogP contribution in [0, 0.1) is 5.82 Å². The number of para-hydroxylation sites is 3. The molecule has 0 fully saturated rings. The Kier molecular flexibility index (Phi) is 3.95. The van der Waals surface area contributed by atoms with E-state index in [1.165, 1.54) is 11.8 Å². The summed E-state index contributed by atoms with van der Waals surface area (Å²) in [7, 11) is 0. The number of nitrogens with one attached hydrogen (secondary N) is 1. The van der Waals surface area contributed by atoms with Crippen LogP contribution in [-0.4, -0.2) is 25.7 Å². The third-order valence-electron chi connectivity index (χ3n) is 3.76. The van der Waals surface area contributed by atoms with Gasteiger partial charge >= 0.3 is 0 Å². The Morgan fingerprint density at radius 1 is 1.19 bits per heavy atom. The molecule has 2 aromatic rings. The van der Waals surface area contributed by atoms with Crippen molar-refractivity contribution in [2.24, 2.45) is 0 Å². The van der Waals surface area contributed by atoms with E-state index in [2.05, 4.69) is 29.3 Å². The molecule has 0 radical (unpaired) electrons. The largest absolute Gasteiger partial charge is 0.489 e. The van der Waals surface area contributed by atoms with Gasteiger partial charge in [0.05, 0.1) is 17.9 Å². The summed E-state index contributed by atoms with van der Waals surface area (Å²) >= 11 is 0. The molecule has 0 saturated heterocycles. The fraction of sp³-hybridized carbons (Fsp3) is 0.294. The van der Waals surface area contributed by atoms with E-state index in [1.807, 2.05) is 12.1 Å². The van der Waals surface area contributed by atoms with Crippen molar-refractivity contribution in [3.63, 3.8) is 0 Å². The lowest BCUT2D eigenvalue weighted by molar-refractivity contribution is 0.304. The Labute approximate surface area is 124 Å². The van der Waals surface area contributed by atoms with Gasteiger partial charge in [-0.3, -0.25) is 0 Å². The number of nitrogens with zero attached hydrogens (tertiary/aromatic N) is 1. The lowest BCUT2D eigenvalue weighted by Crippen LogP contribution is -2.44. The molecule has 0 saturated carbocycles. The first-order chi connectivity index (χ1) is 10.3. The molecule has 0 spiro atoms. The second-order valence-corrected chi connectivity index (χ2v) is 5.22. The van der Waals surface area contributed by atoms with Gasteiger partial charge in [-0.05, 0) is 31.2 Å². The lowest BCUT2D eigenvalue weighted by atomic mass is 10.1. The van der Waals surface area contributed by atoms with Crippen LogP contribution in [0.5, 0.6) is 5.75 Å². The number of hydrogen-bond acceptors (Lipinski definition) is 3. The molecule has 1 aliphatic heterocycles. The Bertz CT molecular complexity index is 617. The summed E-state index contributed by atoms with van der Waals surface area (Å²) in [6.45, 7) is 4.26. The number of benzene rings is 2. The van der Waals surface area contributed by atoms with Gasteiger partial charge in [0.25, 0.3) is 0 Å². The Balaban J connectivity index is 1.66. The van der Waals surface area contributed by atoms with Gasteiger partial charge in [0, 0.05) is 12.6 Å². The zero-order chi connectivity index (χ0) is 14.7. The zero-order valence-electron chi connectivity index (χ0n) is 12.1. The topological polar surface area (TPSA) is 24.5 Å². The van der Waals surface area contributed by atoms with E-state index in [-0.39, 0.29) is 5.82 Å². The third kappa shape index (κ3) is 2.94. The fourth-order valence-corrected chi connectivity index (χ4v) is 2.64. The highest BCUT2D eigenvalue weighted by Crippen LogP contribution is 2.30. The van der Waals surface area contributed by atoms with Crippen LogP contribution in [0.4, 0.5) is 15.8 Å². The Morgan fingerprint density at radius 3 is 2.81 bits per heavy atom. The van der Waals surface area contributed by atoms with E-state index in [0.717, 1.165) is 18.8 Å². The normalized spacial score (nSPS) is 17.0. The van der Waals surface area contributed by atoms with Crippen LogP contribution in [0.2, 0.25) is 0 Å². The van der Waals surface area contributed by atoms with Crippen LogP contribution in [0.1, 0.15) is 6.92 Å². The maximum atomic E-state index is 13.5. The minimum absolute atomic E-state index is 0.313. The molecule has 1 N–H and O–H groups in total. The molecule has 2 aromatic carbocycles. The molecule has 21 heavy (non-hydrogen) atoms. The van der Waals surface area contributed by atoms with E-state index in [1.54, 1.807) is 18.2 Å². The molecule has 3 nitrogen and oxygen atoms in total. The second kappa shape index (κ2) is 6.04. The van der Waals surface area contributed by atoms with Crippen molar-refractivity contribution in [2.75, 3.05) is 29.9 Å². The van der Waals surface area contributed by atoms with Crippen molar-refractivity contribution in [3.05, 3.63) is 54.3 Å². The van der Waals surface area contributed by atoms with Gasteiger partial charge in [-0.1, -0.05) is 24.3 Å². The van der Waals surface area contributed by atoms with Gasteiger partial charge < -0.3 is 15.0 Å². The molecular formula is C17H19FN2O. The standard InChI is InChI=1S/C17H19FN2O/c1-13-12-19-15-7-3-4-8-16(15)20(13)10-11-21-17-9-5-2-6-14(17)18/h2-9,13,19H,10-12H2,1H3. The SMILES string of the molecule is CC1CNc2ccccc2N1CCOc1ccccc1F. The summed E-state index contributed by atoms with van der Waals surface area (Å²) in [6.07, 6.45) is 0. The molecule has 0 bridgehead atoms. The highest BCUT2D eigenvalue weighted by molar-refractivity contribution is 5.72. The van der Waals surface area contributed by atoms with Gasteiger partial charge in [0.2, 0.25) is 0 Å². The maximum Gasteiger partial charge on any atom is 0.165 e. The smallest absolute Gasteiger partial charge is 0.165 e. The highest BCUT2D eigenvalue weighted by Gasteiger charge is 2.22. The zero-order valence-corrected chi connectivity index (χ0v) is 12.1. The van der Waals surface area contributed by atoms with Crippen LogP contribution in [0.25, 0.3) is 0 Å². The molecule has 1 aliphatic rings. The summed E-state index contributed by atoms with van der Waals surface area (Å²) in [5.41, 5.74) is 2.31. The number of fused-ring (bicyclic) bond motifs is 1. The molecule has 1 heterocycles. The highest BCUT2D eigenvalue weighted by atomic mass is 19.1. The molecule has 1 unspecified atom stereocenters. The minimum atomic E-state index is -0.314. The summed E-state index contributed by atoms with van der Waals surface area (Å²) < 4.78 is 19.1. The molecule has 0 aromatic heterocycles.